The lowest BCUT2D eigenvalue weighted by Crippen LogP contribution is -2.32. The summed E-state index contributed by atoms with van der Waals surface area (Å²) < 4.78 is 26.1. The molecule has 0 fully saturated rings. The maximum atomic E-state index is 12.4. The second-order valence-electron chi connectivity index (χ2n) is 3.81. The van der Waals surface area contributed by atoms with Gasteiger partial charge in [-0.2, -0.15) is 9.57 Å². The summed E-state index contributed by atoms with van der Waals surface area (Å²) in [4.78, 5) is 0.204. The van der Waals surface area contributed by atoms with E-state index in [1.807, 2.05) is 6.07 Å². The lowest BCUT2D eigenvalue weighted by molar-refractivity contribution is 0.434. The fourth-order valence-corrected chi connectivity index (χ4v) is 3.55. The maximum Gasteiger partial charge on any atom is 0.243 e. The fourth-order valence-electron chi connectivity index (χ4n) is 1.61. The maximum absolute atomic E-state index is 12.4. The molecule has 0 amide bonds. The number of hydrogen-bond acceptors (Lipinski definition) is 3. The molecule has 0 radical (unpaired) electrons. The van der Waals surface area contributed by atoms with Crippen molar-refractivity contribution in [2.75, 3.05) is 13.1 Å². The van der Waals surface area contributed by atoms with Crippen molar-refractivity contribution in [2.24, 2.45) is 0 Å². The van der Waals surface area contributed by atoms with Gasteiger partial charge in [0.25, 0.3) is 0 Å². The fraction of sp³-hybridized carbons (Fsp3) is 0.417. The van der Waals surface area contributed by atoms with E-state index >= 15 is 0 Å². The van der Waals surface area contributed by atoms with Crippen LogP contribution in [0.4, 0.5) is 0 Å². The molecule has 0 aliphatic heterocycles. The van der Waals surface area contributed by atoms with Gasteiger partial charge in [-0.3, -0.25) is 0 Å². The third kappa shape index (κ3) is 3.22. The number of benzene rings is 1. The molecule has 0 atom stereocenters. The minimum Gasteiger partial charge on any atom is -0.207 e. The van der Waals surface area contributed by atoms with E-state index < -0.39 is 10.0 Å². The molecular formula is C12H15ClN2O2S. The van der Waals surface area contributed by atoms with Crippen molar-refractivity contribution >= 4 is 21.6 Å². The molecule has 0 saturated carbocycles. The zero-order valence-corrected chi connectivity index (χ0v) is 11.9. The molecule has 4 nitrogen and oxygen atoms in total. The van der Waals surface area contributed by atoms with E-state index in [0.717, 1.165) is 0 Å². The van der Waals surface area contributed by atoms with Gasteiger partial charge in [0, 0.05) is 24.5 Å². The predicted molar refractivity (Wildman–Crippen MR) is 70.9 cm³/mol. The molecular weight excluding hydrogens is 272 g/mol. The van der Waals surface area contributed by atoms with Crippen molar-refractivity contribution in [1.29, 1.82) is 5.26 Å². The van der Waals surface area contributed by atoms with Crippen molar-refractivity contribution < 1.29 is 8.42 Å². The molecule has 0 heterocycles. The van der Waals surface area contributed by atoms with Crippen LogP contribution >= 0.6 is 11.6 Å². The molecule has 0 unspecified atom stereocenters. The molecule has 6 heteroatoms. The summed E-state index contributed by atoms with van der Waals surface area (Å²) >= 11 is 5.84. The average Bonchev–Trinajstić information content (AvgIpc) is 2.33. The molecule has 0 saturated heterocycles. The van der Waals surface area contributed by atoms with Gasteiger partial charge in [-0.25, -0.2) is 8.42 Å². The van der Waals surface area contributed by atoms with E-state index in [-0.39, 0.29) is 17.9 Å². The van der Waals surface area contributed by atoms with E-state index in [9.17, 15) is 8.42 Å². The first kappa shape index (κ1) is 15.0. The molecule has 1 aromatic carbocycles. The van der Waals surface area contributed by atoms with Gasteiger partial charge < -0.3 is 0 Å². The first-order chi connectivity index (χ1) is 8.43. The highest BCUT2D eigenvalue weighted by molar-refractivity contribution is 7.89. The van der Waals surface area contributed by atoms with Crippen molar-refractivity contribution in [1.82, 2.24) is 4.31 Å². The summed E-state index contributed by atoms with van der Waals surface area (Å²) in [5.41, 5.74) is 0.648. The van der Waals surface area contributed by atoms with Gasteiger partial charge >= 0.3 is 0 Å². The third-order valence-corrected chi connectivity index (χ3v) is 4.95. The third-order valence-electron chi connectivity index (χ3n) is 2.59. The Morgan fingerprint density at radius 3 is 2.67 bits per heavy atom. The Morgan fingerprint density at radius 1 is 1.44 bits per heavy atom. The minimum atomic E-state index is -3.58. The number of sulfonamides is 1. The first-order valence-corrected chi connectivity index (χ1v) is 7.38. The Labute approximate surface area is 113 Å². The highest BCUT2D eigenvalue weighted by Gasteiger charge is 2.24. The Balaban J connectivity index is 3.19. The number of nitriles is 1. The van der Waals surface area contributed by atoms with Gasteiger partial charge in [0.2, 0.25) is 10.0 Å². The second kappa shape index (κ2) is 6.19. The summed E-state index contributed by atoms with van der Waals surface area (Å²) in [7, 11) is -3.58. The normalized spacial score (nSPS) is 11.5. The van der Waals surface area contributed by atoms with Crippen LogP contribution in [0.15, 0.2) is 23.1 Å². The van der Waals surface area contributed by atoms with Gasteiger partial charge in [-0.1, -0.05) is 24.6 Å². The van der Waals surface area contributed by atoms with Crippen LogP contribution in [0.5, 0.6) is 0 Å². The molecule has 0 N–H and O–H groups in total. The topological polar surface area (TPSA) is 61.2 Å². The van der Waals surface area contributed by atoms with Gasteiger partial charge in [-0.05, 0) is 24.6 Å². The van der Waals surface area contributed by atoms with Crippen molar-refractivity contribution in [3.05, 3.63) is 28.8 Å². The van der Waals surface area contributed by atoms with Crippen LogP contribution in [-0.4, -0.2) is 25.8 Å². The molecule has 18 heavy (non-hydrogen) atoms. The van der Waals surface area contributed by atoms with Gasteiger partial charge in [0.05, 0.1) is 11.0 Å². The molecule has 1 rings (SSSR count). The number of aryl methyl sites for hydroxylation is 1. The van der Waals surface area contributed by atoms with E-state index in [4.69, 9.17) is 16.9 Å². The average molecular weight is 287 g/mol. The Kier molecular flexibility index (Phi) is 5.15. The minimum absolute atomic E-state index is 0.173. The highest BCUT2D eigenvalue weighted by atomic mass is 35.5. The largest absolute Gasteiger partial charge is 0.243 e. The van der Waals surface area contributed by atoms with Crippen LogP contribution in [0.3, 0.4) is 0 Å². The summed E-state index contributed by atoms with van der Waals surface area (Å²) in [6.45, 7) is 3.99. The van der Waals surface area contributed by atoms with E-state index in [1.165, 1.54) is 10.4 Å². The second-order valence-corrected chi connectivity index (χ2v) is 6.16. The summed E-state index contributed by atoms with van der Waals surface area (Å²) in [6, 6.07) is 6.72. The van der Waals surface area contributed by atoms with Crippen LogP contribution in [0.1, 0.15) is 18.9 Å². The SMILES string of the molecule is CCN(CCC#N)S(=O)(=O)c1cc(Cl)ccc1C. The zero-order chi connectivity index (χ0) is 13.8. The molecule has 0 aliphatic rings. The van der Waals surface area contributed by atoms with Crippen molar-refractivity contribution in [2.45, 2.75) is 25.2 Å². The van der Waals surface area contributed by atoms with Crippen molar-refractivity contribution in [3.63, 3.8) is 0 Å². The highest BCUT2D eigenvalue weighted by Crippen LogP contribution is 2.23. The summed E-state index contributed by atoms with van der Waals surface area (Å²) in [5, 5.41) is 8.94. The van der Waals surface area contributed by atoms with Gasteiger partial charge in [0.1, 0.15) is 0 Å². The zero-order valence-electron chi connectivity index (χ0n) is 10.4. The standard InChI is InChI=1S/C12H15ClN2O2S/c1-3-15(8-4-7-14)18(16,17)12-9-11(13)6-5-10(12)2/h5-6,9H,3-4,8H2,1-2H3. The number of rotatable bonds is 5. The van der Waals surface area contributed by atoms with Crippen LogP contribution in [-0.2, 0) is 10.0 Å². The summed E-state index contributed by atoms with van der Waals surface area (Å²) in [5.74, 6) is 0. The molecule has 0 spiro atoms. The Bertz CT molecular complexity index is 564. The lowest BCUT2D eigenvalue weighted by Gasteiger charge is -2.20. The van der Waals surface area contributed by atoms with Gasteiger partial charge in [0.15, 0.2) is 0 Å². The monoisotopic (exact) mass is 286 g/mol. The molecule has 1 aromatic rings. The molecule has 98 valence electrons. The lowest BCUT2D eigenvalue weighted by atomic mass is 10.2. The van der Waals surface area contributed by atoms with Gasteiger partial charge in [-0.15, -0.1) is 0 Å². The molecule has 0 bridgehead atoms. The summed E-state index contributed by atoms with van der Waals surface area (Å²) in [6.07, 6.45) is 0.173. The van der Waals surface area contributed by atoms with E-state index in [0.29, 0.717) is 17.1 Å². The molecule has 0 aromatic heterocycles. The Hall–Kier alpha value is -1.09. The van der Waals surface area contributed by atoms with Crippen LogP contribution in [0.25, 0.3) is 0 Å². The van der Waals surface area contributed by atoms with Crippen LogP contribution in [0.2, 0.25) is 5.02 Å². The van der Waals surface area contributed by atoms with E-state index in [1.54, 1.807) is 26.0 Å². The van der Waals surface area contributed by atoms with E-state index in [2.05, 4.69) is 0 Å². The number of halogens is 1. The Morgan fingerprint density at radius 2 is 2.11 bits per heavy atom. The number of nitrogens with zero attached hydrogens (tertiary/aromatic N) is 2. The van der Waals surface area contributed by atoms with Crippen LogP contribution in [0, 0.1) is 18.3 Å². The quantitative estimate of drug-likeness (QED) is 0.836. The predicted octanol–water partition coefficient (Wildman–Crippen LogP) is 2.57. The van der Waals surface area contributed by atoms with Crippen LogP contribution < -0.4 is 0 Å². The smallest absolute Gasteiger partial charge is 0.207 e. The number of hydrogen-bond donors (Lipinski definition) is 0. The van der Waals surface area contributed by atoms with Crippen molar-refractivity contribution in [3.8, 4) is 6.07 Å². The first-order valence-electron chi connectivity index (χ1n) is 5.56. The molecule has 0 aliphatic carbocycles.